The fourth-order valence-electron chi connectivity index (χ4n) is 2.85. The third kappa shape index (κ3) is 4.46. The summed E-state index contributed by atoms with van der Waals surface area (Å²) in [4.78, 5) is 24.5. The molecule has 1 aromatic heterocycles. The number of carbonyl (C=O) groups excluding carboxylic acids is 1. The number of ether oxygens (including phenoxy) is 1. The van der Waals surface area contributed by atoms with Gasteiger partial charge in [-0.25, -0.2) is 4.68 Å². The van der Waals surface area contributed by atoms with Crippen LogP contribution in [0.5, 0.6) is 5.75 Å². The lowest BCUT2D eigenvalue weighted by Crippen LogP contribution is -2.29. The molecular formula is C22H23N3O3. The van der Waals surface area contributed by atoms with Crippen LogP contribution in [0.4, 0.5) is 5.69 Å². The van der Waals surface area contributed by atoms with Gasteiger partial charge in [0.25, 0.3) is 5.56 Å². The number of anilines is 1. The molecule has 1 heterocycles. The molecule has 0 fully saturated rings. The van der Waals surface area contributed by atoms with Gasteiger partial charge in [0.15, 0.2) is 0 Å². The lowest BCUT2D eigenvalue weighted by atomic mass is 10.0. The van der Waals surface area contributed by atoms with E-state index < -0.39 is 0 Å². The Morgan fingerprint density at radius 2 is 1.79 bits per heavy atom. The van der Waals surface area contributed by atoms with Gasteiger partial charge in [0.05, 0.1) is 12.8 Å². The van der Waals surface area contributed by atoms with Gasteiger partial charge >= 0.3 is 0 Å². The van der Waals surface area contributed by atoms with Crippen molar-refractivity contribution in [2.24, 2.45) is 0 Å². The molecule has 0 aliphatic carbocycles. The van der Waals surface area contributed by atoms with E-state index in [1.807, 2.05) is 48.5 Å². The van der Waals surface area contributed by atoms with Crippen molar-refractivity contribution >= 4 is 11.6 Å². The Morgan fingerprint density at radius 3 is 2.46 bits per heavy atom. The summed E-state index contributed by atoms with van der Waals surface area (Å²) < 4.78 is 6.50. The Hall–Kier alpha value is -3.41. The van der Waals surface area contributed by atoms with Crippen LogP contribution in [-0.2, 0) is 11.3 Å². The van der Waals surface area contributed by atoms with Gasteiger partial charge in [0, 0.05) is 17.3 Å². The first-order chi connectivity index (χ1) is 13.5. The maximum absolute atomic E-state index is 12.4. The van der Waals surface area contributed by atoms with E-state index in [0.29, 0.717) is 23.0 Å². The molecule has 144 valence electrons. The van der Waals surface area contributed by atoms with Crippen LogP contribution in [0, 0.1) is 0 Å². The van der Waals surface area contributed by atoms with Crippen molar-refractivity contribution in [3.05, 3.63) is 76.6 Å². The van der Waals surface area contributed by atoms with Gasteiger partial charge in [0.2, 0.25) is 5.91 Å². The first kappa shape index (κ1) is 19.4. The lowest BCUT2D eigenvalue weighted by molar-refractivity contribution is -0.117. The zero-order valence-corrected chi connectivity index (χ0v) is 16.2. The van der Waals surface area contributed by atoms with Crippen molar-refractivity contribution in [2.75, 3.05) is 12.4 Å². The van der Waals surface area contributed by atoms with Crippen LogP contribution in [0.15, 0.2) is 65.5 Å². The zero-order valence-electron chi connectivity index (χ0n) is 16.2. The summed E-state index contributed by atoms with van der Waals surface area (Å²) in [5.74, 6) is 0.754. The van der Waals surface area contributed by atoms with E-state index in [2.05, 4.69) is 24.3 Å². The van der Waals surface area contributed by atoms with Gasteiger partial charge in [-0.05, 0) is 41.8 Å². The quantitative estimate of drug-likeness (QED) is 0.711. The normalized spacial score (nSPS) is 10.7. The average molecular weight is 377 g/mol. The predicted octanol–water partition coefficient (Wildman–Crippen LogP) is 3.68. The molecule has 0 spiro atoms. The van der Waals surface area contributed by atoms with Crippen LogP contribution in [-0.4, -0.2) is 22.8 Å². The van der Waals surface area contributed by atoms with E-state index >= 15 is 0 Å². The minimum Gasteiger partial charge on any atom is -0.496 e. The molecule has 0 unspecified atom stereocenters. The van der Waals surface area contributed by atoms with E-state index in [0.717, 1.165) is 10.2 Å². The summed E-state index contributed by atoms with van der Waals surface area (Å²) >= 11 is 0. The summed E-state index contributed by atoms with van der Waals surface area (Å²) in [5.41, 5.74) is 2.85. The van der Waals surface area contributed by atoms with Gasteiger partial charge < -0.3 is 10.1 Å². The Morgan fingerprint density at radius 1 is 1.07 bits per heavy atom. The molecule has 0 radical (unpaired) electrons. The highest BCUT2D eigenvalue weighted by atomic mass is 16.5. The van der Waals surface area contributed by atoms with Gasteiger partial charge in [-0.15, -0.1) is 0 Å². The smallest absolute Gasteiger partial charge is 0.267 e. The summed E-state index contributed by atoms with van der Waals surface area (Å²) in [5, 5.41) is 7.14. The van der Waals surface area contributed by atoms with Crippen molar-refractivity contribution in [3.8, 4) is 17.0 Å². The van der Waals surface area contributed by atoms with Gasteiger partial charge in [0.1, 0.15) is 12.3 Å². The third-order valence-electron chi connectivity index (χ3n) is 4.40. The van der Waals surface area contributed by atoms with E-state index in [1.54, 1.807) is 13.2 Å². The van der Waals surface area contributed by atoms with E-state index in [4.69, 9.17) is 4.74 Å². The third-order valence-corrected chi connectivity index (χ3v) is 4.40. The molecule has 0 saturated carbocycles. The van der Waals surface area contributed by atoms with Crippen LogP contribution in [0.25, 0.3) is 11.3 Å². The number of nitrogens with zero attached hydrogens (tertiary/aromatic N) is 2. The lowest BCUT2D eigenvalue weighted by Gasteiger charge is -2.11. The molecule has 3 rings (SSSR count). The minimum atomic E-state index is -0.344. The minimum absolute atomic E-state index is 0.173. The van der Waals surface area contributed by atoms with Crippen molar-refractivity contribution < 1.29 is 9.53 Å². The molecule has 0 bridgehead atoms. The highest BCUT2D eigenvalue weighted by molar-refractivity contribution is 5.90. The maximum atomic E-state index is 12.4. The molecule has 0 aliphatic rings. The summed E-state index contributed by atoms with van der Waals surface area (Å²) in [6.07, 6.45) is 0. The van der Waals surface area contributed by atoms with E-state index in [1.165, 1.54) is 11.6 Å². The number of para-hydroxylation sites is 1. The molecule has 6 heteroatoms. The van der Waals surface area contributed by atoms with Gasteiger partial charge in [-0.3, -0.25) is 9.59 Å². The van der Waals surface area contributed by atoms with Crippen LogP contribution in [0.2, 0.25) is 0 Å². The molecule has 0 saturated heterocycles. The van der Waals surface area contributed by atoms with Crippen LogP contribution >= 0.6 is 0 Å². The fraction of sp³-hybridized carbons (Fsp3) is 0.227. The Bertz CT molecular complexity index is 1020. The number of methoxy groups -OCH3 is 1. The zero-order chi connectivity index (χ0) is 20.1. The second-order valence-corrected chi connectivity index (χ2v) is 6.74. The van der Waals surface area contributed by atoms with Crippen molar-refractivity contribution in [2.45, 2.75) is 26.3 Å². The average Bonchev–Trinajstić information content (AvgIpc) is 2.70. The first-order valence-electron chi connectivity index (χ1n) is 9.09. The molecule has 2 aromatic carbocycles. The summed E-state index contributed by atoms with van der Waals surface area (Å²) in [6.45, 7) is 4.05. The SMILES string of the molecule is COc1ccccc1-c1ccc(=O)n(CC(=O)Nc2ccc(C(C)C)cc2)n1. The number of amides is 1. The monoisotopic (exact) mass is 377 g/mol. The van der Waals surface area contributed by atoms with Crippen molar-refractivity contribution in [1.82, 2.24) is 9.78 Å². The number of benzene rings is 2. The Balaban J connectivity index is 1.78. The largest absolute Gasteiger partial charge is 0.496 e. The van der Waals surface area contributed by atoms with Gasteiger partial charge in [-0.1, -0.05) is 38.1 Å². The van der Waals surface area contributed by atoms with E-state index in [-0.39, 0.29) is 18.0 Å². The highest BCUT2D eigenvalue weighted by Crippen LogP contribution is 2.27. The van der Waals surface area contributed by atoms with Crippen molar-refractivity contribution in [1.29, 1.82) is 0 Å². The van der Waals surface area contributed by atoms with Crippen LogP contribution in [0.3, 0.4) is 0 Å². The molecule has 0 atom stereocenters. The van der Waals surface area contributed by atoms with Crippen molar-refractivity contribution in [3.63, 3.8) is 0 Å². The number of rotatable bonds is 6. The second kappa shape index (κ2) is 8.52. The van der Waals surface area contributed by atoms with Gasteiger partial charge in [-0.2, -0.15) is 5.10 Å². The summed E-state index contributed by atoms with van der Waals surface area (Å²) in [7, 11) is 1.58. The topological polar surface area (TPSA) is 73.2 Å². The Kier molecular flexibility index (Phi) is 5.89. The number of nitrogens with one attached hydrogen (secondary N) is 1. The molecule has 6 nitrogen and oxygen atoms in total. The molecule has 0 aliphatic heterocycles. The molecule has 28 heavy (non-hydrogen) atoms. The number of hydrogen-bond acceptors (Lipinski definition) is 4. The molecular weight excluding hydrogens is 354 g/mol. The second-order valence-electron chi connectivity index (χ2n) is 6.74. The van der Waals surface area contributed by atoms with Crippen LogP contribution < -0.4 is 15.6 Å². The highest BCUT2D eigenvalue weighted by Gasteiger charge is 2.11. The summed E-state index contributed by atoms with van der Waals surface area (Å²) in [6, 6.07) is 18.1. The first-order valence-corrected chi connectivity index (χ1v) is 9.09. The number of carbonyl (C=O) groups is 1. The number of hydrogen-bond donors (Lipinski definition) is 1. The van der Waals surface area contributed by atoms with E-state index in [9.17, 15) is 9.59 Å². The predicted molar refractivity (Wildman–Crippen MR) is 110 cm³/mol. The Labute approximate surface area is 163 Å². The molecule has 3 aromatic rings. The number of aromatic nitrogens is 2. The maximum Gasteiger partial charge on any atom is 0.267 e. The standard InChI is InChI=1S/C22H23N3O3/c1-15(2)16-8-10-17(11-9-16)23-21(26)14-25-22(27)13-12-19(24-25)18-6-4-5-7-20(18)28-3/h4-13,15H,14H2,1-3H3,(H,23,26). The molecule has 1 N–H and O–H groups in total. The fourth-order valence-corrected chi connectivity index (χ4v) is 2.85. The molecule has 1 amide bonds. The van der Waals surface area contributed by atoms with Crippen LogP contribution in [0.1, 0.15) is 25.3 Å².